The van der Waals surface area contributed by atoms with E-state index in [1.807, 2.05) is 84.9 Å². The van der Waals surface area contributed by atoms with E-state index in [2.05, 4.69) is 24.3 Å². The number of amides is 1. The second-order valence-electron chi connectivity index (χ2n) is 8.08. The molecule has 0 fully saturated rings. The lowest BCUT2D eigenvalue weighted by molar-refractivity contribution is -0.119. The van der Waals surface area contributed by atoms with E-state index in [4.69, 9.17) is 4.74 Å². The predicted octanol–water partition coefficient (Wildman–Crippen LogP) is 5.85. The van der Waals surface area contributed by atoms with E-state index in [-0.39, 0.29) is 5.69 Å². The van der Waals surface area contributed by atoms with E-state index in [0.717, 1.165) is 17.7 Å². The molecule has 1 atom stereocenters. The summed E-state index contributed by atoms with van der Waals surface area (Å²) in [4.78, 5) is 25.3. The molecule has 34 heavy (non-hydrogen) atoms. The minimum Gasteiger partial charge on any atom is -0.451 e. The van der Waals surface area contributed by atoms with Crippen molar-refractivity contribution < 1.29 is 14.3 Å². The Bertz CT molecular complexity index is 1250. The fraction of sp³-hybridized carbons (Fsp3) is 0.179. The lowest BCUT2D eigenvalue weighted by atomic mass is 9.99. The van der Waals surface area contributed by atoms with Crippen molar-refractivity contribution in [3.05, 3.63) is 102 Å². The van der Waals surface area contributed by atoms with Crippen molar-refractivity contribution in [1.29, 1.82) is 0 Å². The Morgan fingerprint density at radius 1 is 0.941 bits per heavy atom. The molecule has 0 aliphatic heterocycles. The molecule has 0 bridgehead atoms. The average molecular weight is 454 g/mol. The number of aromatic nitrogens is 2. The highest BCUT2D eigenvalue weighted by atomic mass is 16.5. The largest absolute Gasteiger partial charge is 0.451 e. The zero-order chi connectivity index (χ0) is 23.9. The Labute approximate surface area is 199 Å². The number of nitrogens with one attached hydrogen (secondary N) is 1. The van der Waals surface area contributed by atoms with Gasteiger partial charge in [0.1, 0.15) is 0 Å². The summed E-state index contributed by atoms with van der Waals surface area (Å²) in [5, 5.41) is 7.38. The van der Waals surface area contributed by atoms with E-state index in [0.29, 0.717) is 17.3 Å². The molecular weight excluding hydrogens is 426 g/mol. The SMILES string of the molecule is CC[C@@H](C)c1ccc(NC(=O)COC(=O)c2cc(-c3ccccc3)nn2-c2ccccc2)cc1. The molecule has 0 saturated carbocycles. The summed E-state index contributed by atoms with van der Waals surface area (Å²) >= 11 is 0. The van der Waals surface area contributed by atoms with Crippen LogP contribution in [0.2, 0.25) is 0 Å². The van der Waals surface area contributed by atoms with Crippen molar-refractivity contribution in [3.8, 4) is 16.9 Å². The van der Waals surface area contributed by atoms with Crippen LogP contribution in [0.1, 0.15) is 42.2 Å². The van der Waals surface area contributed by atoms with Crippen molar-refractivity contribution in [3.63, 3.8) is 0 Å². The quantitative estimate of drug-likeness (QED) is 0.340. The Hall–Kier alpha value is -4.19. The highest BCUT2D eigenvalue weighted by Gasteiger charge is 2.20. The van der Waals surface area contributed by atoms with E-state index >= 15 is 0 Å². The highest BCUT2D eigenvalue weighted by molar-refractivity contribution is 5.95. The Morgan fingerprint density at radius 3 is 2.24 bits per heavy atom. The highest BCUT2D eigenvalue weighted by Crippen LogP contribution is 2.23. The molecule has 0 spiro atoms. The lowest BCUT2D eigenvalue weighted by Crippen LogP contribution is -2.22. The number of rotatable bonds is 8. The maximum atomic E-state index is 12.9. The van der Waals surface area contributed by atoms with Gasteiger partial charge >= 0.3 is 5.97 Å². The first-order valence-corrected chi connectivity index (χ1v) is 11.3. The average Bonchev–Trinajstić information content (AvgIpc) is 3.34. The summed E-state index contributed by atoms with van der Waals surface area (Å²) in [6.07, 6.45) is 1.05. The smallest absolute Gasteiger partial charge is 0.357 e. The van der Waals surface area contributed by atoms with Crippen LogP contribution in [-0.2, 0) is 9.53 Å². The van der Waals surface area contributed by atoms with Crippen LogP contribution >= 0.6 is 0 Å². The van der Waals surface area contributed by atoms with Crippen molar-refractivity contribution in [2.24, 2.45) is 0 Å². The minimum absolute atomic E-state index is 0.246. The molecule has 1 amide bonds. The topological polar surface area (TPSA) is 73.2 Å². The molecule has 4 rings (SSSR count). The Kier molecular flexibility index (Phi) is 7.18. The van der Waals surface area contributed by atoms with E-state index in [1.54, 1.807) is 6.07 Å². The molecule has 3 aromatic carbocycles. The molecule has 0 unspecified atom stereocenters. The number of ether oxygens (including phenoxy) is 1. The first-order chi connectivity index (χ1) is 16.5. The number of carbonyl (C=O) groups is 2. The molecule has 172 valence electrons. The summed E-state index contributed by atoms with van der Waals surface area (Å²) in [5.74, 6) is -0.569. The van der Waals surface area contributed by atoms with Crippen LogP contribution in [-0.4, -0.2) is 28.3 Å². The third-order valence-corrected chi connectivity index (χ3v) is 5.70. The molecule has 0 aliphatic rings. The van der Waals surface area contributed by atoms with Crippen molar-refractivity contribution in [2.75, 3.05) is 11.9 Å². The third kappa shape index (κ3) is 5.41. The van der Waals surface area contributed by atoms with Crippen LogP contribution in [0.15, 0.2) is 91.0 Å². The van der Waals surface area contributed by atoms with Crippen LogP contribution in [0.4, 0.5) is 5.69 Å². The van der Waals surface area contributed by atoms with E-state index in [9.17, 15) is 9.59 Å². The molecule has 0 saturated heterocycles. The van der Waals surface area contributed by atoms with E-state index in [1.165, 1.54) is 10.2 Å². The first kappa shape index (κ1) is 23.0. The van der Waals surface area contributed by atoms with Crippen LogP contribution in [0.5, 0.6) is 0 Å². The Morgan fingerprint density at radius 2 is 1.59 bits per heavy atom. The molecule has 1 heterocycles. The van der Waals surface area contributed by atoms with E-state index < -0.39 is 18.5 Å². The van der Waals surface area contributed by atoms with Gasteiger partial charge < -0.3 is 10.1 Å². The fourth-order valence-corrected chi connectivity index (χ4v) is 3.58. The molecule has 0 radical (unpaired) electrons. The molecule has 6 heteroatoms. The lowest BCUT2D eigenvalue weighted by Gasteiger charge is -2.11. The molecule has 0 aliphatic carbocycles. The monoisotopic (exact) mass is 453 g/mol. The number of benzene rings is 3. The molecular formula is C28H27N3O3. The number of esters is 1. The number of carbonyl (C=O) groups excluding carboxylic acids is 2. The molecule has 1 aromatic heterocycles. The van der Waals surface area contributed by atoms with Crippen molar-refractivity contribution >= 4 is 17.6 Å². The van der Waals surface area contributed by atoms with Crippen molar-refractivity contribution in [1.82, 2.24) is 9.78 Å². The standard InChI is InChI=1S/C28H27N3O3/c1-3-20(2)21-14-16-23(17-15-21)29-27(32)19-34-28(33)26-18-25(22-10-6-4-7-11-22)30-31(26)24-12-8-5-9-13-24/h4-18,20H,3,19H2,1-2H3,(H,29,32)/t20-/m1/s1. The van der Waals surface area contributed by atoms with Gasteiger partial charge in [-0.2, -0.15) is 5.10 Å². The van der Waals surface area contributed by atoms with Gasteiger partial charge in [-0.25, -0.2) is 9.48 Å². The van der Waals surface area contributed by atoms with Crippen LogP contribution in [0, 0.1) is 0 Å². The van der Waals surface area contributed by atoms with Gasteiger partial charge in [0.15, 0.2) is 12.3 Å². The van der Waals surface area contributed by atoms with Gasteiger partial charge in [-0.1, -0.05) is 74.5 Å². The van der Waals surface area contributed by atoms with Gasteiger partial charge in [-0.15, -0.1) is 0 Å². The van der Waals surface area contributed by atoms with Gasteiger partial charge in [0, 0.05) is 11.3 Å². The molecule has 4 aromatic rings. The summed E-state index contributed by atoms with van der Waals surface area (Å²) in [5.41, 5.74) is 4.37. The minimum atomic E-state index is -0.624. The van der Waals surface area contributed by atoms with Gasteiger partial charge in [0.25, 0.3) is 5.91 Å². The van der Waals surface area contributed by atoms with Crippen LogP contribution in [0.3, 0.4) is 0 Å². The van der Waals surface area contributed by atoms with Gasteiger partial charge in [0.05, 0.1) is 11.4 Å². The predicted molar refractivity (Wildman–Crippen MR) is 133 cm³/mol. The second kappa shape index (κ2) is 10.6. The van der Waals surface area contributed by atoms with Gasteiger partial charge in [0.2, 0.25) is 0 Å². The van der Waals surface area contributed by atoms with Crippen LogP contribution in [0.25, 0.3) is 16.9 Å². The summed E-state index contributed by atoms with van der Waals surface area (Å²) in [7, 11) is 0. The molecule has 6 nitrogen and oxygen atoms in total. The Balaban J connectivity index is 1.47. The summed E-state index contributed by atoms with van der Waals surface area (Å²) in [6, 6.07) is 28.3. The first-order valence-electron chi connectivity index (χ1n) is 11.3. The normalized spacial score (nSPS) is 11.6. The number of hydrogen-bond donors (Lipinski definition) is 1. The number of anilines is 1. The number of hydrogen-bond acceptors (Lipinski definition) is 4. The summed E-state index contributed by atoms with van der Waals surface area (Å²) < 4.78 is 6.88. The maximum Gasteiger partial charge on any atom is 0.357 e. The fourth-order valence-electron chi connectivity index (χ4n) is 3.58. The van der Waals surface area contributed by atoms with Gasteiger partial charge in [-0.05, 0) is 48.2 Å². The van der Waals surface area contributed by atoms with Gasteiger partial charge in [-0.3, -0.25) is 4.79 Å². The van der Waals surface area contributed by atoms with Crippen LogP contribution < -0.4 is 5.32 Å². The summed E-state index contributed by atoms with van der Waals surface area (Å²) in [6.45, 7) is 3.91. The van der Waals surface area contributed by atoms with Crippen molar-refractivity contribution in [2.45, 2.75) is 26.2 Å². The zero-order valence-corrected chi connectivity index (χ0v) is 19.3. The third-order valence-electron chi connectivity index (χ3n) is 5.70. The second-order valence-corrected chi connectivity index (χ2v) is 8.08. The maximum absolute atomic E-state index is 12.9. The number of para-hydroxylation sites is 1. The number of nitrogens with zero attached hydrogens (tertiary/aromatic N) is 2. The molecule has 1 N–H and O–H groups in total. The zero-order valence-electron chi connectivity index (χ0n) is 19.3.